The van der Waals surface area contributed by atoms with Gasteiger partial charge in [-0.1, -0.05) is 30.3 Å². The van der Waals surface area contributed by atoms with E-state index in [0.29, 0.717) is 24.3 Å². The summed E-state index contributed by atoms with van der Waals surface area (Å²) in [5.74, 6) is -0.182. The number of benzene rings is 2. The molecule has 1 fully saturated rings. The lowest BCUT2D eigenvalue weighted by atomic mass is 10.1. The predicted molar refractivity (Wildman–Crippen MR) is 133 cm³/mol. The molecule has 3 heterocycles. The molecule has 8 nitrogen and oxygen atoms in total. The number of para-hydroxylation sites is 1. The van der Waals surface area contributed by atoms with Crippen LogP contribution in [0, 0.1) is 6.92 Å². The molecule has 0 spiro atoms. The van der Waals surface area contributed by atoms with Crippen molar-refractivity contribution < 1.29 is 13.2 Å². The van der Waals surface area contributed by atoms with E-state index in [1.54, 1.807) is 52.4 Å². The standard InChI is InChI=1S/C26H25N5O3S/c1-20-7-5-11-23(17-20)35(33,34)30-15-13-29(14-16-30)26(32)24-19-31(22-9-3-2-4-10-22)28-25(24)21-8-6-12-27-18-21/h2-12,17-19H,13-16H2,1H3. The van der Waals surface area contributed by atoms with Gasteiger partial charge in [-0.2, -0.15) is 9.40 Å². The molecule has 5 rings (SSSR count). The Kier molecular flexibility index (Phi) is 6.19. The summed E-state index contributed by atoms with van der Waals surface area (Å²) in [5, 5.41) is 4.69. The van der Waals surface area contributed by atoms with E-state index in [0.717, 1.165) is 16.8 Å². The topological polar surface area (TPSA) is 88.4 Å². The highest BCUT2D eigenvalue weighted by atomic mass is 32.2. The van der Waals surface area contributed by atoms with Crippen molar-refractivity contribution in [1.29, 1.82) is 0 Å². The van der Waals surface area contributed by atoms with Gasteiger partial charge in [0.15, 0.2) is 0 Å². The number of hydrogen-bond acceptors (Lipinski definition) is 5. The maximum absolute atomic E-state index is 13.6. The quantitative estimate of drug-likeness (QED) is 0.431. The Morgan fingerprint density at radius 3 is 2.37 bits per heavy atom. The van der Waals surface area contributed by atoms with E-state index in [-0.39, 0.29) is 23.9 Å². The van der Waals surface area contributed by atoms with E-state index in [9.17, 15) is 13.2 Å². The van der Waals surface area contributed by atoms with Crippen molar-refractivity contribution in [3.05, 3.63) is 96.4 Å². The van der Waals surface area contributed by atoms with Gasteiger partial charge in [-0.25, -0.2) is 13.1 Å². The Hall–Kier alpha value is -3.82. The SMILES string of the molecule is Cc1cccc(S(=O)(=O)N2CCN(C(=O)c3cn(-c4ccccc4)nc3-c3cccnc3)CC2)c1. The summed E-state index contributed by atoms with van der Waals surface area (Å²) in [6.45, 7) is 2.93. The molecule has 35 heavy (non-hydrogen) atoms. The third-order valence-electron chi connectivity index (χ3n) is 6.05. The largest absolute Gasteiger partial charge is 0.336 e. The molecular formula is C26H25N5O3S. The van der Waals surface area contributed by atoms with Crippen LogP contribution in [0.3, 0.4) is 0 Å². The number of nitrogens with zero attached hydrogens (tertiary/aromatic N) is 5. The Bertz CT molecular complexity index is 1440. The van der Waals surface area contributed by atoms with Crippen molar-refractivity contribution in [2.75, 3.05) is 26.2 Å². The van der Waals surface area contributed by atoms with Crippen LogP contribution in [0.25, 0.3) is 16.9 Å². The van der Waals surface area contributed by atoms with Crippen molar-refractivity contribution in [2.45, 2.75) is 11.8 Å². The second-order valence-corrected chi connectivity index (χ2v) is 10.4. The van der Waals surface area contributed by atoms with E-state index >= 15 is 0 Å². The molecule has 0 N–H and O–H groups in total. The van der Waals surface area contributed by atoms with Crippen LogP contribution < -0.4 is 0 Å². The number of amides is 1. The first kappa shape index (κ1) is 22.9. The monoisotopic (exact) mass is 487 g/mol. The van der Waals surface area contributed by atoms with Crippen molar-refractivity contribution >= 4 is 15.9 Å². The van der Waals surface area contributed by atoms with Gasteiger partial charge < -0.3 is 4.90 Å². The van der Waals surface area contributed by atoms with Gasteiger partial charge in [0.05, 0.1) is 16.1 Å². The van der Waals surface area contributed by atoms with Gasteiger partial charge >= 0.3 is 0 Å². The minimum Gasteiger partial charge on any atom is -0.336 e. The molecule has 178 valence electrons. The van der Waals surface area contributed by atoms with Gasteiger partial charge in [0.1, 0.15) is 5.69 Å². The molecule has 0 atom stereocenters. The van der Waals surface area contributed by atoms with E-state index in [1.165, 1.54) is 4.31 Å². The minimum absolute atomic E-state index is 0.182. The number of piperazine rings is 1. The number of rotatable bonds is 5. The summed E-state index contributed by atoms with van der Waals surface area (Å²) >= 11 is 0. The summed E-state index contributed by atoms with van der Waals surface area (Å²) in [6, 6.07) is 20.2. The summed E-state index contributed by atoms with van der Waals surface area (Å²) in [4.78, 5) is 19.7. The highest BCUT2D eigenvalue weighted by molar-refractivity contribution is 7.89. The third kappa shape index (κ3) is 4.60. The number of aryl methyl sites for hydroxylation is 1. The highest BCUT2D eigenvalue weighted by Gasteiger charge is 2.32. The van der Waals surface area contributed by atoms with Crippen LogP contribution in [0.5, 0.6) is 0 Å². The van der Waals surface area contributed by atoms with Gasteiger partial charge in [-0.15, -0.1) is 0 Å². The fraction of sp³-hybridized carbons (Fsp3) is 0.192. The highest BCUT2D eigenvalue weighted by Crippen LogP contribution is 2.26. The Labute approximate surface area is 204 Å². The molecule has 0 unspecified atom stereocenters. The number of hydrogen-bond donors (Lipinski definition) is 0. The van der Waals surface area contributed by atoms with E-state index in [1.807, 2.05) is 49.4 Å². The summed E-state index contributed by atoms with van der Waals surface area (Å²) in [5.41, 5.74) is 3.47. The zero-order valence-corrected chi connectivity index (χ0v) is 20.1. The van der Waals surface area contributed by atoms with E-state index < -0.39 is 10.0 Å². The van der Waals surface area contributed by atoms with E-state index in [2.05, 4.69) is 4.98 Å². The molecule has 4 aromatic rings. The van der Waals surface area contributed by atoms with Crippen LogP contribution in [0.4, 0.5) is 0 Å². The minimum atomic E-state index is -3.61. The van der Waals surface area contributed by atoms with Crippen molar-refractivity contribution in [3.8, 4) is 16.9 Å². The smallest absolute Gasteiger partial charge is 0.257 e. The number of aromatic nitrogens is 3. The molecule has 1 aliphatic rings. The van der Waals surface area contributed by atoms with Crippen LogP contribution in [-0.2, 0) is 10.0 Å². The molecule has 0 radical (unpaired) electrons. The maximum Gasteiger partial charge on any atom is 0.257 e. The normalized spacial score (nSPS) is 14.7. The zero-order valence-electron chi connectivity index (χ0n) is 19.3. The number of carbonyl (C=O) groups is 1. The average Bonchev–Trinajstić information content (AvgIpc) is 3.35. The Balaban J connectivity index is 1.40. The first-order chi connectivity index (χ1) is 16.9. The molecule has 2 aromatic heterocycles. The second-order valence-electron chi connectivity index (χ2n) is 8.43. The summed E-state index contributed by atoms with van der Waals surface area (Å²) in [6.07, 6.45) is 5.09. The van der Waals surface area contributed by atoms with Crippen LogP contribution in [0.2, 0.25) is 0 Å². The molecule has 1 saturated heterocycles. The summed E-state index contributed by atoms with van der Waals surface area (Å²) < 4.78 is 29.3. The number of pyridine rings is 1. The van der Waals surface area contributed by atoms with Crippen molar-refractivity contribution in [2.24, 2.45) is 0 Å². The molecule has 1 amide bonds. The lowest BCUT2D eigenvalue weighted by molar-refractivity contribution is 0.0698. The first-order valence-electron chi connectivity index (χ1n) is 11.3. The van der Waals surface area contributed by atoms with Crippen molar-refractivity contribution in [1.82, 2.24) is 24.0 Å². The van der Waals surface area contributed by atoms with Gasteiger partial charge in [-0.05, 0) is 48.9 Å². The fourth-order valence-corrected chi connectivity index (χ4v) is 5.71. The average molecular weight is 488 g/mol. The van der Waals surface area contributed by atoms with Gasteiger partial charge in [0, 0.05) is 50.3 Å². The molecule has 1 aliphatic heterocycles. The molecule has 0 bridgehead atoms. The summed E-state index contributed by atoms with van der Waals surface area (Å²) in [7, 11) is -3.61. The van der Waals surface area contributed by atoms with Crippen LogP contribution in [0.15, 0.2) is 90.2 Å². The third-order valence-corrected chi connectivity index (χ3v) is 7.95. The van der Waals surface area contributed by atoms with Crippen LogP contribution >= 0.6 is 0 Å². The van der Waals surface area contributed by atoms with E-state index in [4.69, 9.17) is 5.10 Å². The first-order valence-corrected chi connectivity index (χ1v) is 12.8. The van der Waals surface area contributed by atoms with Crippen LogP contribution in [-0.4, -0.2) is 64.5 Å². The molecule has 0 saturated carbocycles. The van der Waals surface area contributed by atoms with Gasteiger partial charge in [0.2, 0.25) is 10.0 Å². The predicted octanol–water partition coefficient (Wildman–Crippen LogP) is 3.39. The number of carbonyl (C=O) groups excluding carboxylic acids is 1. The van der Waals surface area contributed by atoms with Gasteiger partial charge in [0.25, 0.3) is 5.91 Å². The van der Waals surface area contributed by atoms with Crippen LogP contribution in [0.1, 0.15) is 15.9 Å². The second kappa shape index (κ2) is 9.44. The Morgan fingerprint density at radius 2 is 1.69 bits per heavy atom. The maximum atomic E-state index is 13.6. The fourth-order valence-electron chi connectivity index (χ4n) is 4.19. The molecule has 2 aromatic carbocycles. The molecule has 0 aliphatic carbocycles. The zero-order chi connectivity index (χ0) is 24.4. The van der Waals surface area contributed by atoms with Crippen molar-refractivity contribution in [3.63, 3.8) is 0 Å². The Morgan fingerprint density at radius 1 is 0.914 bits per heavy atom. The lowest BCUT2D eigenvalue weighted by Gasteiger charge is -2.34. The number of sulfonamides is 1. The van der Waals surface area contributed by atoms with Gasteiger partial charge in [-0.3, -0.25) is 9.78 Å². The molecule has 9 heteroatoms. The lowest BCUT2D eigenvalue weighted by Crippen LogP contribution is -2.50. The molecular weight excluding hydrogens is 462 g/mol.